The normalized spacial score (nSPS) is 24.3. The van der Waals surface area contributed by atoms with Crippen LogP contribution >= 0.6 is 0 Å². The van der Waals surface area contributed by atoms with Crippen LogP contribution in [0.2, 0.25) is 0 Å². The van der Waals surface area contributed by atoms with Crippen LogP contribution in [0.4, 0.5) is 5.82 Å². The van der Waals surface area contributed by atoms with Crippen molar-refractivity contribution in [3.05, 3.63) is 57.8 Å². The van der Waals surface area contributed by atoms with E-state index in [1.807, 2.05) is 14.0 Å². The van der Waals surface area contributed by atoms with Crippen LogP contribution in [-0.2, 0) is 33.5 Å². The zero-order valence-corrected chi connectivity index (χ0v) is 25.0. The molecule has 1 fully saturated rings. The lowest BCUT2D eigenvalue weighted by molar-refractivity contribution is -0.144. The van der Waals surface area contributed by atoms with Gasteiger partial charge in [0.1, 0.15) is 11.9 Å². The third-order valence-electron chi connectivity index (χ3n) is 9.32. The van der Waals surface area contributed by atoms with Crippen molar-refractivity contribution in [3.8, 4) is 0 Å². The summed E-state index contributed by atoms with van der Waals surface area (Å²) in [5.41, 5.74) is 6.73. The largest absolute Gasteiger partial charge is 0.480 e. The van der Waals surface area contributed by atoms with Gasteiger partial charge >= 0.3 is 5.97 Å². The maximum absolute atomic E-state index is 12.8. The molecule has 0 bridgehead atoms. The first kappa shape index (κ1) is 29.0. The van der Waals surface area contributed by atoms with Crippen molar-refractivity contribution in [2.75, 3.05) is 32.1 Å². The van der Waals surface area contributed by atoms with Crippen LogP contribution in [0.25, 0.3) is 0 Å². The zero-order valence-electron chi connectivity index (χ0n) is 25.0. The van der Waals surface area contributed by atoms with Gasteiger partial charge in [-0.1, -0.05) is 37.6 Å². The summed E-state index contributed by atoms with van der Waals surface area (Å²) in [4.78, 5) is 19.7. The van der Waals surface area contributed by atoms with Crippen molar-refractivity contribution in [2.24, 2.45) is 5.41 Å². The molecule has 4 atom stereocenters. The van der Waals surface area contributed by atoms with Gasteiger partial charge in [0, 0.05) is 24.9 Å². The number of anilines is 1. The maximum atomic E-state index is 12.8. The molecule has 3 aliphatic rings. The van der Waals surface area contributed by atoms with E-state index in [9.17, 15) is 9.90 Å². The number of carbonyl (C=O) groups is 1. The standard InChI is InChI=1S/C33H47N3O4/c1-21-17-24-13-16-39-22(2)29(24)27(18-21)30(32(37)38)36(5)26-19-28(33(3,4)20-26)40-15-7-6-10-25-12-11-23-9-8-14-34-31(23)35-25/h11-12,17-18,22,26,28,30H,6-10,13-16,19-20H2,1-5H3,(H,34,35)(H,37,38)/t22-,26-,28-,30?/m0/s1. The molecule has 0 spiro atoms. The Morgan fingerprint density at radius 1 is 1.25 bits per heavy atom. The van der Waals surface area contributed by atoms with Crippen LogP contribution in [0.3, 0.4) is 0 Å². The van der Waals surface area contributed by atoms with Crippen molar-refractivity contribution in [3.63, 3.8) is 0 Å². The summed E-state index contributed by atoms with van der Waals surface area (Å²) < 4.78 is 12.4. The lowest BCUT2D eigenvalue weighted by atomic mass is 9.86. The van der Waals surface area contributed by atoms with Gasteiger partial charge in [-0.2, -0.15) is 0 Å². The van der Waals surface area contributed by atoms with Crippen LogP contribution < -0.4 is 5.32 Å². The number of ether oxygens (including phenoxy) is 2. The number of benzene rings is 1. The molecule has 2 aromatic rings. The molecule has 1 saturated carbocycles. The van der Waals surface area contributed by atoms with E-state index in [0.29, 0.717) is 6.61 Å². The first-order chi connectivity index (χ1) is 19.1. The minimum Gasteiger partial charge on any atom is -0.480 e. The van der Waals surface area contributed by atoms with E-state index in [-0.39, 0.29) is 23.7 Å². The lowest BCUT2D eigenvalue weighted by Gasteiger charge is -2.35. The van der Waals surface area contributed by atoms with Crippen LogP contribution in [0.1, 0.15) is 98.5 Å². The second-order valence-electron chi connectivity index (χ2n) is 12.8. The Bertz CT molecular complexity index is 1210. The number of carboxylic acid groups (broad SMARTS) is 1. The van der Waals surface area contributed by atoms with Crippen molar-refractivity contribution in [1.82, 2.24) is 9.88 Å². The van der Waals surface area contributed by atoms with E-state index < -0.39 is 12.0 Å². The molecule has 1 aromatic heterocycles. The third-order valence-corrected chi connectivity index (χ3v) is 9.32. The van der Waals surface area contributed by atoms with E-state index in [4.69, 9.17) is 14.5 Å². The number of likely N-dealkylation sites (N-methyl/N-ethyl adjacent to an activating group) is 1. The fraction of sp³-hybridized carbons (Fsp3) is 0.636. The second kappa shape index (κ2) is 12.2. The van der Waals surface area contributed by atoms with E-state index in [1.54, 1.807) is 0 Å². The minimum atomic E-state index is -0.804. The molecule has 5 rings (SSSR count). The molecular weight excluding hydrogens is 502 g/mol. The molecule has 218 valence electrons. The minimum absolute atomic E-state index is 0.0177. The van der Waals surface area contributed by atoms with Gasteiger partial charge in [-0.15, -0.1) is 0 Å². The number of nitrogens with zero attached hydrogens (tertiary/aromatic N) is 2. The Morgan fingerprint density at radius 2 is 2.08 bits per heavy atom. The SMILES string of the molecule is Cc1cc2c(c(C(C(=O)O)N(C)[C@H]3C[C@H](OCCCCc4ccc5c(n4)NCCC5)C(C)(C)C3)c1)[C@H](C)OCC2. The summed E-state index contributed by atoms with van der Waals surface area (Å²) in [7, 11) is 1.98. The number of fused-ring (bicyclic) bond motifs is 2. The summed E-state index contributed by atoms with van der Waals surface area (Å²) in [6.07, 6.45) is 7.87. The summed E-state index contributed by atoms with van der Waals surface area (Å²) in [6, 6.07) is 8.06. The number of aryl methyl sites for hydroxylation is 3. The quantitative estimate of drug-likeness (QED) is 0.350. The molecule has 0 saturated heterocycles. The number of aliphatic carboxylic acids is 1. The zero-order chi connectivity index (χ0) is 28.4. The molecule has 40 heavy (non-hydrogen) atoms. The molecule has 2 aliphatic heterocycles. The van der Waals surface area contributed by atoms with E-state index in [1.165, 1.54) is 17.5 Å². The number of rotatable bonds is 10. The first-order valence-corrected chi connectivity index (χ1v) is 15.2. The smallest absolute Gasteiger partial charge is 0.325 e. The van der Waals surface area contributed by atoms with E-state index in [0.717, 1.165) is 86.3 Å². The van der Waals surface area contributed by atoms with Crippen LogP contribution in [0, 0.1) is 12.3 Å². The Hall–Kier alpha value is -2.48. The van der Waals surface area contributed by atoms with Crippen molar-refractivity contribution in [1.29, 1.82) is 0 Å². The number of hydrogen-bond donors (Lipinski definition) is 2. The summed E-state index contributed by atoms with van der Waals surface area (Å²) in [5, 5.41) is 13.9. The van der Waals surface area contributed by atoms with E-state index >= 15 is 0 Å². The second-order valence-corrected chi connectivity index (χ2v) is 12.8. The molecule has 0 amide bonds. The number of hydrogen-bond acceptors (Lipinski definition) is 6. The number of unbranched alkanes of at least 4 members (excludes halogenated alkanes) is 1. The predicted octanol–water partition coefficient (Wildman–Crippen LogP) is 6.04. The highest BCUT2D eigenvalue weighted by Gasteiger charge is 2.45. The van der Waals surface area contributed by atoms with Crippen molar-refractivity contribution >= 4 is 11.8 Å². The van der Waals surface area contributed by atoms with Gasteiger partial charge in [-0.3, -0.25) is 9.69 Å². The lowest BCUT2D eigenvalue weighted by Crippen LogP contribution is -2.39. The fourth-order valence-corrected chi connectivity index (χ4v) is 7.13. The molecule has 1 aliphatic carbocycles. The first-order valence-electron chi connectivity index (χ1n) is 15.2. The molecule has 0 radical (unpaired) electrons. The summed E-state index contributed by atoms with van der Waals surface area (Å²) >= 11 is 0. The van der Waals surface area contributed by atoms with Crippen molar-refractivity contribution in [2.45, 2.75) is 103 Å². The van der Waals surface area contributed by atoms with Gasteiger partial charge in [0.05, 0.1) is 18.8 Å². The van der Waals surface area contributed by atoms with Crippen molar-refractivity contribution < 1.29 is 19.4 Å². The van der Waals surface area contributed by atoms with Gasteiger partial charge in [-0.25, -0.2) is 4.98 Å². The summed E-state index contributed by atoms with van der Waals surface area (Å²) in [5.74, 6) is 0.261. The fourth-order valence-electron chi connectivity index (χ4n) is 7.13. The number of pyridine rings is 1. The highest BCUT2D eigenvalue weighted by molar-refractivity contribution is 5.76. The molecule has 2 N–H and O–H groups in total. The average Bonchev–Trinajstić information content (AvgIpc) is 3.22. The highest BCUT2D eigenvalue weighted by atomic mass is 16.5. The average molecular weight is 550 g/mol. The Morgan fingerprint density at radius 3 is 2.88 bits per heavy atom. The molecule has 1 unspecified atom stereocenters. The molecule has 7 nitrogen and oxygen atoms in total. The molecular formula is C33H47N3O4. The molecule has 1 aromatic carbocycles. The molecule has 3 heterocycles. The maximum Gasteiger partial charge on any atom is 0.325 e. The Kier molecular flexibility index (Phi) is 8.83. The van der Waals surface area contributed by atoms with Gasteiger partial charge in [-0.05, 0) is 106 Å². The third kappa shape index (κ3) is 6.22. The highest BCUT2D eigenvalue weighted by Crippen LogP contribution is 2.45. The van der Waals surface area contributed by atoms with Gasteiger partial charge in [0.2, 0.25) is 0 Å². The Balaban J connectivity index is 1.19. The van der Waals surface area contributed by atoms with Gasteiger partial charge in [0.15, 0.2) is 0 Å². The van der Waals surface area contributed by atoms with E-state index in [2.05, 4.69) is 55.3 Å². The Labute approximate surface area is 239 Å². The number of carboxylic acids is 1. The number of nitrogens with one attached hydrogen (secondary N) is 1. The number of aromatic nitrogens is 1. The summed E-state index contributed by atoms with van der Waals surface area (Å²) in [6.45, 7) is 11.0. The molecule has 7 heteroatoms. The van der Waals surface area contributed by atoms with Crippen LogP contribution in [0.5, 0.6) is 0 Å². The van der Waals surface area contributed by atoms with Gasteiger partial charge < -0.3 is 19.9 Å². The van der Waals surface area contributed by atoms with Gasteiger partial charge in [0.25, 0.3) is 0 Å². The topological polar surface area (TPSA) is 83.9 Å². The van der Waals surface area contributed by atoms with Crippen LogP contribution in [-0.4, -0.2) is 59.9 Å². The monoisotopic (exact) mass is 549 g/mol. The predicted molar refractivity (Wildman–Crippen MR) is 158 cm³/mol. The van der Waals surface area contributed by atoms with Crippen LogP contribution in [0.15, 0.2) is 24.3 Å².